The van der Waals surface area contributed by atoms with E-state index in [4.69, 9.17) is 0 Å². The molecule has 0 aromatic heterocycles. The zero-order valence-corrected chi connectivity index (χ0v) is 8.09. The van der Waals surface area contributed by atoms with Crippen molar-refractivity contribution in [2.45, 2.75) is 45.2 Å². The highest BCUT2D eigenvalue weighted by Crippen LogP contribution is 2.05. The standard InChI is InChI=1S/C9H16N2O2/c1-3-6(4-2)10-7-5-8(12)11-9(7)13/h6-7,10H,3-5H2,1-2H3,(H,11,12,13). The molecule has 0 saturated carbocycles. The SMILES string of the molecule is CCC(CC)NC1CC(=O)NC1=O. The molecular weight excluding hydrogens is 168 g/mol. The molecule has 0 spiro atoms. The van der Waals surface area contributed by atoms with E-state index in [9.17, 15) is 9.59 Å². The van der Waals surface area contributed by atoms with Crippen LogP contribution in [0.4, 0.5) is 0 Å². The molecule has 4 heteroatoms. The van der Waals surface area contributed by atoms with E-state index < -0.39 is 0 Å². The van der Waals surface area contributed by atoms with Gasteiger partial charge < -0.3 is 5.32 Å². The average molecular weight is 184 g/mol. The van der Waals surface area contributed by atoms with Gasteiger partial charge in [0.25, 0.3) is 0 Å². The van der Waals surface area contributed by atoms with E-state index in [2.05, 4.69) is 24.5 Å². The van der Waals surface area contributed by atoms with Crippen LogP contribution < -0.4 is 10.6 Å². The number of nitrogens with one attached hydrogen (secondary N) is 2. The summed E-state index contributed by atoms with van der Waals surface area (Å²) in [4.78, 5) is 22.0. The Morgan fingerprint density at radius 3 is 2.46 bits per heavy atom. The molecule has 1 unspecified atom stereocenters. The zero-order valence-electron chi connectivity index (χ0n) is 8.09. The summed E-state index contributed by atoms with van der Waals surface area (Å²) in [5.41, 5.74) is 0. The molecule has 74 valence electrons. The van der Waals surface area contributed by atoms with Crippen LogP contribution in [0.3, 0.4) is 0 Å². The Bertz CT molecular complexity index is 212. The fraction of sp³-hybridized carbons (Fsp3) is 0.778. The highest BCUT2D eigenvalue weighted by atomic mass is 16.2. The van der Waals surface area contributed by atoms with Crippen molar-refractivity contribution >= 4 is 11.8 Å². The lowest BCUT2D eigenvalue weighted by molar-refractivity contribution is -0.125. The van der Waals surface area contributed by atoms with Crippen molar-refractivity contribution in [1.82, 2.24) is 10.6 Å². The minimum atomic E-state index is -0.308. The van der Waals surface area contributed by atoms with Gasteiger partial charge in [-0.15, -0.1) is 0 Å². The summed E-state index contributed by atoms with van der Waals surface area (Å²) in [5.74, 6) is -0.356. The molecule has 1 heterocycles. The van der Waals surface area contributed by atoms with Crippen molar-refractivity contribution in [2.24, 2.45) is 0 Å². The van der Waals surface area contributed by atoms with Crippen LogP contribution in [0.5, 0.6) is 0 Å². The number of amides is 2. The molecule has 1 atom stereocenters. The van der Waals surface area contributed by atoms with E-state index in [0.717, 1.165) is 12.8 Å². The summed E-state index contributed by atoms with van der Waals surface area (Å²) in [5, 5.41) is 5.44. The first kappa shape index (κ1) is 10.2. The quantitative estimate of drug-likeness (QED) is 0.613. The Morgan fingerprint density at radius 1 is 1.46 bits per heavy atom. The van der Waals surface area contributed by atoms with Crippen LogP contribution in [0.2, 0.25) is 0 Å². The third kappa shape index (κ3) is 2.52. The number of carbonyl (C=O) groups is 2. The van der Waals surface area contributed by atoms with Gasteiger partial charge in [-0.3, -0.25) is 14.9 Å². The maximum absolute atomic E-state index is 11.2. The molecule has 0 aliphatic carbocycles. The van der Waals surface area contributed by atoms with Crippen LogP contribution in [0.1, 0.15) is 33.1 Å². The summed E-state index contributed by atoms with van der Waals surface area (Å²) in [6.45, 7) is 4.13. The van der Waals surface area contributed by atoms with Crippen LogP contribution in [0.15, 0.2) is 0 Å². The van der Waals surface area contributed by atoms with E-state index in [-0.39, 0.29) is 24.3 Å². The molecule has 1 saturated heterocycles. The van der Waals surface area contributed by atoms with Crippen LogP contribution in [-0.2, 0) is 9.59 Å². The Balaban J connectivity index is 2.44. The second-order valence-electron chi connectivity index (χ2n) is 3.35. The topological polar surface area (TPSA) is 58.2 Å². The van der Waals surface area contributed by atoms with Crippen LogP contribution >= 0.6 is 0 Å². The number of hydrogen-bond acceptors (Lipinski definition) is 3. The number of carbonyl (C=O) groups excluding carboxylic acids is 2. The molecule has 1 fully saturated rings. The predicted molar refractivity (Wildman–Crippen MR) is 49.1 cm³/mol. The molecule has 4 nitrogen and oxygen atoms in total. The van der Waals surface area contributed by atoms with E-state index in [1.54, 1.807) is 0 Å². The van der Waals surface area contributed by atoms with Gasteiger partial charge >= 0.3 is 0 Å². The van der Waals surface area contributed by atoms with E-state index in [1.165, 1.54) is 0 Å². The first-order valence-electron chi connectivity index (χ1n) is 4.77. The minimum Gasteiger partial charge on any atom is -0.303 e. The van der Waals surface area contributed by atoms with E-state index >= 15 is 0 Å². The fourth-order valence-electron chi connectivity index (χ4n) is 1.50. The number of hydrogen-bond donors (Lipinski definition) is 2. The maximum atomic E-state index is 11.2. The number of rotatable bonds is 4. The average Bonchev–Trinajstić information content (AvgIpc) is 2.41. The third-order valence-corrected chi connectivity index (χ3v) is 2.39. The van der Waals surface area contributed by atoms with Gasteiger partial charge in [0.2, 0.25) is 11.8 Å². The summed E-state index contributed by atoms with van der Waals surface area (Å²) < 4.78 is 0. The lowest BCUT2D eigenvalue weighted by Gasteiger charge is -2.17. The largest absolute Gasteiger partial charge is 0.303 e. The molecule has 0 bridgehead atoms. The second-order valence-corrected chi connectivity index (χ2v) is 3.35. The molecule has 13 heavy (non-hydrogen) atoms. The van der Waals surface area contributed by atoms with Gasteiger partial charge in [-0.1, -0.05) is 13.8 Å². The Labute approximate surface area is 78.1 Å². The smallest absolute Gasteiger partial charge is 0.244 e. The van der Waals surface area contributed by atoms with E-state index in [1.807, 2.05) is 0 Å². The molecule has 2 amide bonds. The van der Waals surface area contributed by atoms with Crippen molar-refractivity contribution in [3.8, 4) is 0 Å². The van der Waals surface area contributed by atoms with Crippen molar-refractivity contribution in [2.75, 3.05) is 0 Å². The normalized spacial score (nSPS) is 22.5. The molecule has 0 aromatic carbocycles. The van der Waals surface area contributed by atoms with Gasteiger partial charge in [0, 0.05) is 6.04 Å². The predicted octanol–water partition coefficient (Wildman–Crippen LogP) is 0.180. The summed E-state index contributed by atoms with van der Waals surface area (Å²) in [6, 6.07) is 0.0269. The van der Waals surface area contributed by atoms with Crippen molar-refractivity contribution in [3.63, 3.8) is 0 Å². The molecular formula is C9H16N2O2. The maximum Gasteiger partial charge on any atom is 0.244 e. The van der Waals surface area contributed by atoms with Gasteiger partial charge in [-0.2, -0.15) is 0 Å². The van der Waals surface area contributed by atoms with Crippen molar-refractivity contribution in [3.05, 3.63) is 0 Å². The Hall–Kier alpha value is -0.900. The first-order valence-corrected chi connectivity index (χ1v) is 4.77. The highest BCUT2D eigenvalue weighted by molar-refractivity contribution is 6.05. The highest BCUT2D eigenvalue weighted by Gasteiger charge is 2.31. The summed E-state index contributed by atoms with van der Waals surface area (Å²) in [6.07, 6.45) is 2.25. The molecule has 1 aliphatic rings. The molecule has 2 N–H and O–H groups in total. The van der Waals surface area contributed by atoms with Crippen LogP contribution in [0, 0.1) is 0 Å². The first-order chi connectivity index (χ1) is 6.17. The van der Waals surface area contributed by atoms with Gasteiger partial charge in [0.1, 0.15) is 0 Å². The number of imide groups is 1. The zero-order chi connectivity index (χ0) is 9.84. The monoisotopic (exact) mass is 184 g/mol. The Morgan fingerprint density at radius 2 is 2.08 bits per heavy atom. The lowest BCUT2D eigenvalue weighted by atomic mass is 10.1. The summed E-state index contributed by atoms with van der Waals surface area (Å²) >= 11 is 0. The lowest BCUT2D eigenvalue weighted by Crippen LogP contribution is -2.42. The second kappa shape index (κ2) is 4.37. The molecule has 0 radical (unpaired) electrons. The van der Waals surface area contributed by atoms with Gasteiger partial charge in [0.05, 0.1) is 12.5 Å². The van der Waals surface area contributed by atoms with Crippen molar-refractivity contribution in [1.29, 1.82) is 0 Å². The van der Waals surface area contributed by atoms with Crippen LogP contribution in [-0.4, -0.2) is 23.9 Å². The van der Waals surface area contributed by atoms with E-state index in [0.29, 0.717) is 6.04 Å². The fourth-order valence-corrected chi connectivity index (χ4v) is 1.50. The van der Waals surface area contributed by atoms with Gasteiger partial charge in [0.15, 0.2) is 0 Å². The van der Waals surface area contributed by atoms with Gasteiger partial charge in [-0.25, -0.2) is 0 Å². The summed E-state index contributed by atoms with van der Waals surface area (Å²) in [7, 11) is 0. The van der Waals surface area contributed by atoms with Crippen LogP contribution in [0.25, 0.3) is 0 Å². The minimum absolute atomic E-state index is 0.173. The molecule has 1 aliphatic heterocycles. The molecule has 1 rings (SSSR count). The van der Waals surface area contributed by atoms with Gasteiger partial charge in [-0.05, 0) is 12.8 Å². The molecule has 0 aromatic rings. The van der Waals surface area contributed by atoms with Crippen molar-refractivity contribution < 1.29 is 9.59 Å². The third-order valence-electron chi connectivity index (χ3n) is 2.39. The Kier molecular flexibility index (Phi) is 3.42.